The summed E-state index contributed by atoms with van der Waals surface area (Å²) < 4.78 is 0. The summed E-state index contributed by atoms with van der Waals surface area (Å²) in [6.07, 6.45) is 2.92. The van der Waals surface area contributed by atoms with E-state index in [1.807, 2.05) is 12.3 Å². The predicted molar refractivity (Wildman–Crippen MR) is 88.1 cm³/mol. The summed E-state index contributed by atoms with van der Waals surface area (Å²) >= 11 is 0. The smallest absolute Gasteiger partial charge is 0.0702 e. The fraction of sp³-hybridized carbons (Fsp3) is 0.211. The normalized spacial score (nSPS) is 10.9. The van der Waals surface area contributed by atoms with Crippen molar-refractivity contribution in [2.45, 2.75) is 26.4 Å². The molecule has 0 atom stereocenters. The van der Waals surface area contributed by atoms with E-state index in [9.17, 15) is 0 Å². The molecule has 1 heterocycles. The Morgan fingerprint density at radius 1 is 0.905 bits per heavy atom. The first-order valence-corrected chi connectivity index (χ1v) is 7.48. The van der Waals surface area contributed by atoms with Crippen molar-refractivity contribution in [1.82, 2.24) is 10.3 Å². The quantitative estimate of drug-likeness (QED) is 0.759. The zero-order chi connectivity index (χ0) is 14.5. The van der Waals surface area contributed by atoms with Crippen LogP contribution in [0.25, 0.3) is 10.9 Å². The van der Waals surface area contributed by atoms with E-state index in [0.29, 0.717) is 0 Å². The van der Waals surface area contributed by atoms with Gasteiger partial charge >= 0.3 is 0 Å². The fourth-order valence-corrected chi connectivity index (χ4v) is 2.65. The monoisotopic (exact) mass is 276 g/mol. The molecule has 0 amide bonds. The van der Waals surface area contributed by atoms with Gasteiger partial charge in [-0.2, -0.15) is 0 Å². The van der Waals surface area contributed by atoms with Crippen molar-refractivity contribution in [2.75, 3.05) is 0 Å². The summed E-state index contributed by atoms with van der Waals surface area (Å²) in [4.78, 5) is 4.35. The number of hydrogen-bond acceptors (Lipinski definition) is 2. The van der Waals surface area contributed by atoms with Crippen LogP contribution in [-0.4, -0.2) is 4.98 Å². The Bertz CT molecular complexity index is 734. The molecule has 0 aliphatic rings. The lowest BCUT2D eigenvalue weighted by Gasteiger charge is -2.09. The second-order valence-corrected chi connectivity index (χ2v) is 5.26. The number of hydrogen-bond donors (Lipinski definition) is 1. The number of pyridine rings is 1. The van der Waals surface area contributed by atoms with Gasteiger partial charge in [-0.15, -0.1) is 0 Å². The second-order valence-electron chi connectivity index (χ2n) is 5.26. The van der Waals surface area contributed by atoms with Gasteiger partial charge in [0.05, 0.1) is 5.52 Å². The van der Waals surface area contributed by atoms with Gasteiger partial charge in [0, 0.05) is 24.7 Å². The third-order valence-electron chi connectivity index (χ3n) is 3.81. The maximum absolute atomic E-state index is 4.35. The van der Waals surface area contributed by atoms with Crippen LogP contribution in [0.4, 0.5) is 0 Å². The van der Waals surface area contributed by atoms with Gasteiger partial charge in [-0.25, -0.2) is 0 Å². The van der Waals surface area contributed by atoms with Gasteiger partial charge in [-0.05, 0) is 41.3 Å². The summed E-state index contributed by atoms with van der Waals surface area (Å²) in [5.41, 5.74) is 5.16. The molecular weight excluding hydrogens is 256 g/mol. The van der Waals surface area contributed by atoms with E-state index in [1.165, 1.54) is 22.1 Å². The first kappa shape index (κ1) is 13.8. The molecule has 2 nitrogen and oxygen atoms in total. The Kier molecular flexibility index (Phi) is 4.27. The molecule has 0 unspecified atom stereocenters. The highest BCUT2D eigenvalue weighted by Crippen LogP contribution is 2.14. The maximum Gasteiger partial charge on any atom is 0.0702 e. The summed E-state index contributed by atoms with van der Waals surface area (Å²) in [5.74, 6) is 0. The second kappa shape index (κ2) is 6.51. The van der Waals surface area contributed by atoms with Crippen molar-refractivity contribution in [1.29, 1.82) is 0 Å². The molecule has 1 aromatic heterocycles. The molecule has 3 rings (SSSR count). The maximum atomic E-state index is 4.35. The highest BCUT2D eigenvalue weighted by atomic mass is 14.8. The van der Waals surface area contributed by atoms with E-state index < -0.39 is 0 Å². The third-order valence-corrected chi connectivity index (χ3v) is 3.81. The number of aryl methyl sites for hydroxylation is 1. The van der Waals surface area contributed by atoms with Crippen LogP contribution in [-0.2, 0) is 19.5 Å². The Hall–Kier alpha value is -2.19. The standard InChI is InChI=1S/C19H20N2/c1-2-16-6-3-4-7-18(16)14-20-13-15-9-10-19-17(12-15)8-5-11-21-19/h3-12,20H,2,13-14H2,1H3. The Balaban J connectivity index is 1.66. The Morgan fingerprint density at radius 2 is 1.76 bits per heavy atom. The van der Waals surface area contributed by atoms with E-state index in [-0.39, 0.29) is 0 Å². The molecule has 1 N–H and O–H groups in total. The number of aromatic nitrogens is 1. The van der Waals surface area contributed by atoms with Crippen LogP contribution >= 0.6 is 0 Å². The largest absolute Gasteiger partial charge is 0.309 e. The molecule has 2 heteroatoms. The molecule has 2 aromatic carbocycles. The number of nitrogens with zero attached hydrogens (tertiary/aromatic N) is 1. The minimum absolute atomic E-state index is 0.878. The molecule has 0 aliphatic heterocycles. The highest BCUT2D eigenvalue weighted by molar-refractivity contribution is 5.78. The van der Waals surface area contributed by atoms with Crippen LogP contribution in [0.5, 0.6) is 0 Å². The number of benzene rings is 2. The van der Waals surface area contributed by atoms with Crippen LogP contribution in [0.3, 0.4) is 0 Å². The van der Waals surface area contributed by atoms with E-state index >= 15 is 0 Å². The van der Waals surface area contributed by atoms with Crippen LogP contribution in [0.2, 0.25) is 0 Å². The minimum atomic E-state index is 0.878. The van der Waals surface area contributed by atoms with Gasteiger partial charge < -0.3 is 5.32 Å². The number of nitrogens with one attached hydrogen (secondary N) is 1. The SMILES string of the molecule is CCc1ccccc1CNCc1ccc2ncccc2c1. The van der Waals surface area contributed by atoms with Crippen LogP contribution in [0, 0.1) is 0 Å². The van der Waals surface area contributed by atoms with Gasteiger partial charge in [-0.3, -0.25) is 4.98 Å². The van der Waals surface area contributed by atoms with E-state index in [1.54, 1.807) is 0 Å². The zero-order valence-electron chi connectivity index (χ0n) is 12.3. The Morgan fingerprint density at radius 3 is 2.62 bits per heavy atom. The molecule has 21 heavy (non-hydrogen) atoms. The van der Waals surface area contributed by atoms with E-state index in [4.69, 9.17) is 0 Å². The van der Waals surface area contributed by atoms with Gasteiger partial charge in [0.2, 0.25) is 0 Å². The first-order chi connectivity index (χ1) is 10.4. The zero-order valence-corrected chi connectivity index (χ0v) is 12.3. The molecule has 0 fully saturated rings. The van der Waals surface area contributed by atoms with Crippen molar-refractivity contribution < 1.29 is 0 Å². The minimum Gasteiger partial charge on any atom is -0.309 e. The van der Waals surface area contributed by atoms with E-state index in [0.717, 1.165) is 25.0 Å². The van der Waals surface area contributed by atoms with Crippen molar-refractivity contribution >= 4 is 10.9 Å². The fourth-order valence-electron chi connectivity index (χ4n) is 2.65. The van der Waals surface area contributed by atoms with Gasteiger partial charge in [-0.1, -0.05) is 43.3 Å². The van der Waals surface area contributed by atoms with Crippen molar-refractivity contribution in [3.8, 4) is 0 Å². The van der Waals surface area contributed by atoms with Gasteiger partial charge in [0.25, 0.3) is 0 Å². The van der Waals surface area contributed by atoms with Crippen molar-refractivity contribution in [3.05, 3.63) is 77.5 Å². The van der Waals surface area contributed by atoms with Crippen LogP contribution in [0.1, 0.15) is 23.6 Å². The summed E-state index contributed by atoms with van der Waals surface area (Å²) in [5, 5.41) is 4.74. The summed E-state index contributed by atoms with van der Waals surface area (Å²) in [7, 11) is 0. The molecular formula is C19H20N2. The lowest BCUT2D eigenvalue weighted by Crippen LogP contribution is -2.13. The first-order valence-electron chi connectivity index (χ1n) is 7.48. The molecule has 0 spiro atoms. The molecule has 0 radical (unpaired) electrons. The van der Waals surface area contributed by atoms with E-state index in [2.05, 4.69) is 65.8 Å². The average Bonchev–Trinajstić information content (AvgIpc) is 2.55. The summed E-state index contributed by atoms with van der Waals surface area (Å²) in [6, 6.07) is 19.2. The van der Waals surface area contributed by atoms with Crippen LogP contribution < -0.4 is 5.32 Å². The van der Waals surface area contributed by atoms with Crippen molar-refractivity contribution in [3.63, 3.8) is 0 Å². The lowest BCUT2D eigenvalue weighted by atomic mass is 10.1. The third kappa shape index (κ3) is 3.29. The average molecular weight is 276 g/mol. The lowest BCUT2D eigenvalue weighted by molar-refractivity contribution is 0.689. The molecule has 0 bridgehead atoms. The Labute approximate surface area is 125 Å². The topological polar surface area (TPSA) is 24.9 Å². The van der Waals surface area contributed by atoms with Crippen LogP contribution in [0.15, 0.2) is 60.8 Å². The molecule has 106 valence electrons. The molecule has 0 aliphatic carbocycles. The molecule has 0 saturated carbocycles. The summed E-state index contributed by atoms with van der Waals surface area (Å²) in [6.45, 7) is 3.99. The van der Waals surface area contributed by atoms with Crippen molar-refractivity contribution in [2.24, 2.45) is 0 Å². The predicted octanol–water partition coefficient (Wildman–Crippen LogP) is 4.09. The van der Waals surface area contributed by atoms with Gasteiger partial charge in [0.1, 0.15) is 0 Å². The van der Waals surface area contributed by atoms with Gasteiger partial charge in [0.15, 0.2) is 0 Å². The number of rotatable bonds is 5. The molecule has 3 aromatic rings. The number of fused-ring (bicyclic) bond motifs is 1. The highest BCUT2D eigenvalue weighted by Gasteiger charge is 2.00. The molecule has 0 saturated heterocycles.